The van der Waals surface area contributed by atoms with Crippen molar-refractivity contribution in [1.82, 2.24) is 0 Å². The van der Waals surface area contributed by atoms with E-state index >= 15 is 0 Å². The van der Waals surface area contributed by atoms with Crippen molar-refractivity contribution in [3.63, 3.8) is 0 Å². The van der Waals surface area contributed by atoms with Crippen LogP contribution in [0.2, 0.25) is 21.6 Å². The van der Waals surface area contributed by atoms with Crippen LogP contribution in [0.15, 0.2) is 10.5 Å². The Morgan fingerprint density at radius 1 is 1.00 bits per heavy atom. The molecule has 0 spiro atoms. The van der Waals surface area contributed by atoms with Gasteiger partial charge in [0.05, 0.1) is 5.02 Å². The zero-order valence-electron chi connectivity index (χ0n) is 14.5. The van der Waals surface area contributed by atoms with Crippen molar-refractivity contribution in [1.29, 1.82) is 0 Å². The Morgan fingerprint density at radius 3 is 1.81 bits per heavy atom. The standard InChI is InChI=1S/C17H28BrClOSi/c1-10(2)21(11(3)4,12(5)6)20-17-13(7)9-15(18)14(8)16(17)19/h9-12H,1-8H3. The Kier molecular flexibility index (Phi) is 6.40. The quantitative estimate of drug-likeness (QED) is 0.479. The molecule has 0 aliphatic carbocycles. The highest BCUT2D eigenvalue weighted by Gasteiger charge is 2.47. The maximum absolute atomic E-state index is 6.77. The van der Waals surface area contributed by atoms with Crippen molar-refractivity contribution in [3.8, 4) is 5.75 Å². The Balaban J connectivity index is 3.45. The van der Waals surface area contributed by atoms with E-state index in [-0.39, 0.29) is 0 Å². The molecule has 120 valence electrons. The molecule has 1 rings (SSSR count). The van der Waals surface area contributed by atoms with Gasteiger partial charge in [0.1, 0.15) is 5.75 Å². The van der Waals surface area contributed by atoms with Gasteiger partial charge in [-0.15, -0.1) is 0 Å². The molecule has 0 saturated heterocycles. The Bertz CT molecular complexity index is 490. The molecule has 0 amide bonds. The summed E-state index contributed by atoms with van der Waals surface area (Å²) in [5.41, 5.74) is 3.78. The van der Waals surface area contributed by atoms with Crippen molar-refractivity contribution in [2.45, 2.75) is 72.0 Å². The maximum atomic E-state index is 6.77. The summed E-state index contributed by atoms with van der Waals surface area (Å²) in [5, 5.41) is 0.751. The third-order valence-corrected chi connectivity index (χ3v) is 11.8. The van der Waals surface area contributed by atoms with E-state index in [1.54, 1.807) is 0 Å². The summed E-state index contributed by atoms with van der Waals surface area (Å²) >= 11 is 10.2. The van der Waals surface area contributed by atoms with Crippen LogP contribution in [-0.2, 0) is 0 Å². The average molecular weight is 392 g/mol. The number of rotatable bonds is 5. The zero-order chi connectivity index (χ0) is 16.5. The molecular formula is C17H28BrClOSi. The summed E-state index contributed by atoms with van der Waals surface area (Å²) < 4.78 is 7.81. The van der Waals surface area contributed by atoms with Crippen LogP contribution in [0, 0.1) is 13.8 Å². The highest BCUT2D eigenvalue weighted by atomic mass is 79.9. The van der Waals surface area contributed by atoms with Crippen LogP contribution in [0.5, 0.6) is 5.75 Å². The summed E-state index contributed by atoms with van der Waals surface area (Å²) in [6.45, 7) is 17.9. The van der Waals surface area contributed by atoms with Gasteiger partial charge in [-0.2, -0.15) is 0 Å². The van der Waals surface area contributed by atoms with E-state index in [4.69, 9.17) is 16.0 Å². The Morgan fingerprint density at radius 2 is 1.43 bits per heavy atom. The summed E-state index contributed by atoms with van der Waals surface area (Å²) in [6, 6.07) is 2.11. The highest BCUT2D eigenvalue weighted by molar-refractivity contribution is 9.10. The van der Waals surface area contributed by atoms with E-state index in [1.165, 1.54) is 0 Å². The molecule has 0 heterocycles. The van der Waals surface area contributed by atoms with E-state index < -0.39 is 8.32 Å². The lowest BCUT2D eigenvalue weighted by Gasteiger charge is -2.43. The van der Waals surface area contributed by atoms with Crippen molar-refractivity contribution in [3.05, 3.63) is 26.7 Å². The molecule has 0 aliphatic heterocycles. The van der Waals surface area contributed by atoms with Gasteiger partial charge < -0.3 is 4.43 Å². The van der Waals surface area contributed by atoms with E-state index in [0.29, 0.717) is 16.6 Å². The van der Waals surface area contributed by atoms with Crippen LogP contribution < -0.4 is 4.43 Å². The number of hydrogen-bond acceptors (Lipinski definition) is 1. The zero-order valence-corrected chi connectivity index (χ0v) is 17.8. The van der Waals surface area contributed by atoms with Gasteiger partial charge in [-0.3, -0.25) is 0 Å². The first-order valence-corrected chi connectivity index (χ1v) is 11.0. The summed E-state index contributed by atoms with van der Waals surface area (Å²) in [5.74, 6) is 0.889. The average Bonchev–Trinajstić information content (AvgIpc) is 2.35. The van der Waals surface area contributed by atoms with E-state index in [2.05, 4.69) is 70.5 Å². The Labute approximate surface area is 144 Å². The number of halogens is 2. The lowest BCUT2D eigenvalue weighted by molar-refractivity contribution is 0.476. The maximum Gasteiger partial charge on any atom is 0.258 e. The van der Waals surface area contributed by atoms with Gasteiger partial charge in [0.25, 0.3) is 8.32 Å². The molecule has 0 bridgehead atoms. The molecule has 0 saturated carbocycles. The topological polar surface area (TPSA) is 9.23 Å². The minimum atomic E-state index is -1.97. The fourth-order valence-electron chi connectivity index (χ4n) is 3.47. The Hall–Kier alpha value is 0.00688. The summed E-state index contributed by atoms with van der Waals surface area (Å²) in [6.07, 6.45) is 0. The molecule has 1 nitrogen and oxygen atoms in total. The van der Waals surface area contributed by atoms with Crippen LogP contribution >= 0.6 is 27.5 Å². The van der Waals surface area contributed by atoms with Gasteiger partial charge in [-0.1, -0.05) is 69.1 Å². The fraction of sp³-hybridized carbons (Fsp3) is 0.647. The lowest BCUT2D eigenvalue weighted by atomic mass is 10.1. The van der Waals surface area contributed by atoms with Gasteiger partial charge in [0.2, 0.25) is 0 Å². The smallest absolute Gasteiger partial charge is 0.258 e. The number of hydrogen-bond donors (Lipinski definition) is 0. The third-order valence-electron chi connectivity index (χ3n) is 4.57. The number of aryl methyl sites for hydroxylation is 1. The molecule has 0 unspecified atom stereocenters. The van der Waals surface area contributed by atoms with Gasteiger partial charge in [-0.25, -0.2) is 0 Å². The van der Waals surface area contributed by atoms with E-state index in [0.717, 1.165) is 26.4 Å². The molecule has 1 aromatic carbocycles. The molecule has 0 radical (unpaired) electrons. The first-order valence-electron chi connectivity index (χ1n) is 7.69. The largest absolute Gasteiger partial charge is 0.542 e. The van der Waals surface area contributed by atoms with Gasteiger partial charge in [-0.05, 0) is 47.7 Å². The molecule has 21 heavy (non-hydrogen) atoms. The van der Waals surface area contributed by atoms with Crippen LogP contribution in [0.3, 0.4) is 0 Å². The highest BCUT2D eigenvalue weighted by Crippen LogP contribution is 2.46. The lowest BCUT2D eigenvalue weighted by Crippen LogP contribution is -2.50. The number of benzene rings is 1. The first kappa shape index (κ1) is 19.1. The molecule has 1 aromatic rings. The minimum Gasteiger partial charge on any atom is -0.542 e. The molecular weight excluding hydrogens is 364 g/mol. The normalized spacial score (nSPS) is 12.6. The second-order valence-electron chi connectivity index (χ2n) is 6.86. The molecule has 0 fully saturated rings. The van der Waals surface area contributed by atoms with Crippen molar-refractivity contribution < 1.29 is 4.43 Å². The molecule has 0 N–H and O–H groups in total. The van der Waals surface area contributed by atoms with Crippen LogP contribution in [0.4, 0.5) is 0 Å². The fourth-order valence-corrected chi connectivity index (χ4v) is 9.80. The van der Waals surface area contributed by atoms with Crippen LogP contribution in [0.1, 0.15) is 52.7 Å². The first-order chi connectivity index (χ1) is 9.55. The molecule has 0 atom stereocenters. The molecule has 0 aliphatic rings. The van der Waals surface area contributed by atoms with Crippen molar-refractivity contribution in [2.24, 2.45) is 0 Å². The minimum absolute atomic E-state index is 0.539. The van der Waals surface area contributed by atoms with Crippen molar-refractivity contribution >= 4 is 35.8 Å². The van der Waals surface area contributed by atoms with E-state index in [9.17, 15) is 0 Å². The van der Waals surface area contributed by atoms with Crippen molar-refractivity contribution in [2.75, 3.05) is 0 Å². The summed E-state index contributed by atoms with van der Waals surface area (Å²) in [4.78, 5) is 0. The second-order valence-corrected chi connectivity index (χ2v) is 13.5. The van der Waals surface area contributed by atoms with E-state index in [1.807, 2.05) is 6.92 Å². The monoisotopic (exact) mass is 390 g/mol. The molecule has 4 heteroatoms. The molecule has 0 aromatic heterocycles. The van der Waals surface area contributed by atoms with Gasteiger partial charge in [0.15, 0.2) is 0 Å². The summed E-state index contributed by atoms with van der Waals surface area (Å²) in [7, 11) is -1.97. The SMILES string of the molecule is Cc1cc(Br)c(C)c(Cl)c1O[Si](C(C)C)(C(C)C)C(C)C. The predicted molar refractivity (Wildman–Crippen MR) is 100 cm³/mol. The van der Waals surface area contributed by atoms with Gasteiger partial charge in [0, 0.05) is 4.47 Å². The van der Waals surface area contributed by atoms with Crippen LogP contribution in [-0.4, -0.2) is 8.32 Å². The third kappa shape index (κ3) is 3.51. The van der Waals surface area contributed by atoms with Crippen LogP contribution in [0.25, 0.3) is 0 Å². The van der Waals surface area contributed by atoms with Gasteiger partial charge >= 0.3 is 0 Å². The second kappa shape index (κ2) is 7.06. The predicted octanol–water partition coefficient (Wildman–Crippen LogP) is 7.27.